The lowest BCUT2D eigenvalue weighted by atomic mass is 10.2. The van der Waals surface area contributed by atoms with Crippen LogP contribution in [0, 0.1) is 22.7 Å². The fraction of sp³-hybridized carbons (Fsp3) is 0.312. The van der Waals surface area contributed by atoms with E-state index in [1.807, 2.05) is 12.1 Å². The highest BCUT2D eigenvalue weighted by molar-refractivity contribution is 7.89. The van der Waals surface area contributed by atoms with Crippen molar-refractivity contribution in [3.8, 4) is 12.1 Å². The molecule has 0 fully saturated rings. The van der Waals surface area contributed by atoms with Gasteiger partial charge in [-0.1, -0.05) is 12.1 Å². The molecule has 126 valence electrons. The van der Waals surface area contributed by atoms with Gasteiger partial charge >= 0.3 is 0 Å². The van der Waals surface area contributed by atoms with Gasteiger partial charge in [0.25, 0.3) is 0 Å². The number of hydrogen-bond donors (Lipinski definition) is 1. The number of hydrogen-bond acceptors (Lipinski definition) is 5. The summed E-state index contributed by atoms with van der Waals surface area (Å²) >= 11 is 0. The number of nitrogens with one attached hydrogen (secondary N) is 1. The van der Waals surface area contributed by atoms with E-state index in [0.29, 0.717) is 5.56 Å². The molecule has 1 aromatic carbocycles. The quantitative estimate of drug-likeness (QED) is 0.712. The van der Waals surface area contributed by atoms with E-state index >= 15 is 0 Å². The van der Waals surface area contributed by atoms with Gasteiger partial charge in [-0.25, -0.2) is 13.1 Å². The Bertz CT molecular complexity index is 753. The van der Waals surface area contributed by atoms with Crippen molar-refractivity contribution in [2.24, 2.45) is 0 Å². The van der Waals surface area contributed by atoms with Gasteiger partial charge in [-0.3, -0.25) is 4.79 Å². The van der Waals surface area contributed by atoms with E-state index in [2.05, 4.69) is 4.72 Å². The monoisotopic (exact) mass is 346 g/mol. The second-order valence-electron chi connectivity index (χ2n) is 4.75. The van der Waals surface area contributed by atoms with Gasteiger partial charge in [0.2, 0.25) is 15.9 Å². The van der Waals surface area contributed by atoms with Crippen LogP contribution >= 0.6 is 0 Å². The summed E-state index contributed by atoms with van der Waals surface area (Å²) in [7, 11) is -2.16. The summed E-state index contributed by atoms with van der Waals surface area (Å²) in [6, 6.07) is 9.99. The molecule has 0 aromatic heterocycles. The van der Waals surface area contributed by atoms with E-state index in [0.717, 1.165) is 0 Å². The number of amides is 1. The molecule has 0 aliphatic heterocycles. The maximum Gasteiger partial charge on any atom is 0.246 e. The molecular weight excluding hydrogens is 328 g/mol. The predicted octanol–water partition coefficient (Wildman–Crippen LogP) is 1.26. The number of carbonyl (C=O) groups is 1. The number of carbonyl (C=O) groups excluding carboxylic acids is 1. The summed E-state index contributed by atoms with van der Waals surface area (Å²) < 4.78 is 25.5. The first-order valence-electron chi connectivity index (χ1n) is 7.19. The normalized spacial score (nSPS) is 11.0. The Hall–Kier alpha value is -2.68. The molecule has 1 aromatic rings. The molecule has 0 aliphatic rings. The number of nitrogens with zero attached hydrogens (tertiary/aromatic N) is 3. The average molecular weight is 346 g/mol. The van der Waals surface area contributed by atoms with E-state index in [9.17, 15) is 13.2 Å². The maximum absolute atomic E-state index is 12.1. The minimum absolute atomic E-state index is 0.137. The summed E-state index contributed by atoms with van der Waals surface area (Å²) in [6.45, 7) is 0.529. The highest BCUT2D eigenvalue weighted by atomic mass is 32.2. The summed E-state index contributed by atoms with van der Waals surface area (Å²) in [6.07, 6.45) is 3.29. The molecule has 1 amide bonds. The Kier molecular flexibility index (Phi) is 7.63. The highest BCUT2D eigenvalue weighted by Crippen LogP contribution is 2.11. The molecule has 0 radical (unpaired) electrons. The topological polar surface area (TPSA) is 114 Å². The first-order valence-corrected chi connectivity index (χ1v) is 8.67. The van der Waals surface area contributed by atoms with E-state index in [4.69, 9.17) is 10.5 Å². The lowest BCUT2D eigenvalue weighted by Crippen LogP contribution is -2.31. The molecule has 1 N–H and O–H groups in total. The SMILES string of the molecule is CNS(=O)(=O)c1ccc(/C=C/C(=O)N(CCC#N)CCC#N)cc1. The smallest absolute Gasteiger partial charge is 0.246 e. The number of rotatable bonds is 8. The number of nitriles is 2. The van der Waals surface area contributed by atoms with Crippen molar-refractivity contribution in [1.82, 2.24) is 9.62 Å². The van der Waals surface area contributed by atoms with Gasteiger partial charge in [-0.15, -0.1) is 0 Å². The van der Waals surface area contributed by atoms with Crippen molar-refractivity contribution in [1.29, 1.82) is 10.5 Å². The zero-order chi connectivity index (χ0) is 18.0. The molecule has 0 heterocycles. The van der Waals surface area contributed by atoms with E-state index in [-0.39, 0.29) is 36.7 Å². The van der Waals surface area contributed by atoms with Gasteiger partial charge < -0.3 is 4.90 Å². The second-order valence-corrected chi connectivity index (χ2v) is 6.64. The summed E-state index contributed by atoms with van der Waals surface area (Å²) in [5, 5.41) is 17.2. The third-order valence-corrected chi connectivity index (χ3v) is 4.61. The lowest BCUT2D eigenvalue weighted by Gasteiger charge is -2.18. The van der Waals surface area contributed by atoms with Crippen LogP contribution < -0.4 is 4.72 Å². The van der Waals surface area contributed by atoms with Crippen LogP contribution in [0.1, 0.15) is 18.4 Å². The molecule has 0 spiro atoms. The molecule has 1 rings (SSSR count). The van der Waals surface area contributed by atoms with E-state index < -0.39 is 10.0 Å². The average Bonchev–Trinajstić information content (AvgIpc) is 2.60. The zero-order valence-corrected chi connectivity index (χ0v) is 14.1. The molecule has 0 bridgehead atoms. The molecule has 0 unspecified atom stereocenters. The number of benzene rings is 1. The van der Waals surface area contributed by atoms with Crippen LogP contribution in [0.2, 0.25) is 0 Å². The Labute approximate surface area is 141 Å². The van der Waals surface area contributed by atoms with Crippen LogP contribution in [0.5, 0.6) is 0 Å². The maximum atomic E-state index is 12.1. The predicted molar refractivity (Wildman–Crippen MR) is 88.8 cm³/mol. The second kappa shape index (κ2) is 9.46. The van der Waals surface area contributed by atoms with Gasteiger partial charge in [-0.2, -0.15) is 10.5 Å². The fourth-order valence-electron chi connectivity index (χ4n) is 1.85. The molecular formula is C16H18N4O3S. The third kappa shape index (κ3) is 5.84. The standard InChI is InChI=1S/C16H18N4O3S/c1-19-24(22,23)15-7-4-14(5-8-15)6-9-16(21)20(12-2-10-17)13-3-11-18/h4-9,19H,2-3,12-13H2,1H3/b9-6+. The molecule has 8 heteroatoms. The summed E-state index contributed by atoms with van der Waals surface area (Å²) in [5.74, 6) is -0.299. The third-order valence-electron chi connectivity index (χ3n) is 3.18. The van der Waals surface area contributed by atoms with Crippen molar-refractivity contribution in [2.45, 2.75) is 17.7 Å². The molecule has 24 heavy (non-hydrogen) atoms. The molecule has 0 aliphatic carbocycles. The van der Waals surface area contributed by atoms with Gasteiger partial charge in [0.15, 0.2) is 0 Å². The van der Waals surface area contributed by atoms with E-state index in [1.165, 1.54) is 30.2 Å². The van der Waals surface area contributed by atoms with Crippen LogP contribution in [0.4, 0.5) is 0 Å². The Morgan fingerprint density at radius 1 is 1.17 bits per heavy atom. The van der Waals surface area contributed by atoms with E-state index in [1.54, 1.807) is 18.2 Å². The minimum atomic E-state index is -3.49. The van der Waals surface area contributed by atoms with Gasteiger partial charge in [0.1, 0.15) is 0 Å². The molecule has 0 atom stereocenters. The fourth-order valence-corrected chi connectivity index (χ4v) is 2.58. The van der Waals surface area contributed by atoms with Crippen molar-refractivity contribution < 1.29 is 13.2 Å². The lowest BCUT2D eigenvalue weighted by molar-refractivity contribution is -0.125. The van der Waals surface area contributed by atoms with Gasteiger partial charge in [-0.05, 0) is 30.8 Å². The van der Waals surface area contributed by atoms with Gasteiger partial charge in [0, 0.05) is 19.2 Å². The van der Waals surface area contributed by atoms with Crippen molar-refractivity contribution in [3.63, 3.8) is 0 Å². The van der Waals surface area contributed by atoms with Crippen LogP contribution in [-0.2, 0) is 14.8 Å². The largest absolute Gasteiger partial charge is 0.337 e. The molecule has 0 saturated heterocycles. The van der Waals surface area contributed by atoms with Crippen LogP contribution in [0.15, 0.2) is 35.2 Å². The number of sulfonamides is 1. The van der Waals surface area contributed by atoms with Crippen molar-refractivity contribution >= 4 is 22.0 Å². The minimum Gasteiger partial charge on any atom is -0.337 e. The van der Waals surface area contributed by atoms with Crippen LogP contribution in [0.25, 0.3) is 6.08 Å². The van der Waals surface area contributed by atoms with Crippen molar-refractivity contribution in [3.05, 3.63) is 35.9 Å². The first-order chi connectivity index (χ1) is 11.4. The first kappa shape index (κ1) is 19.4. The Balaban J connectivity index is 2.81. The van der Waals surface area contributed by atoms with Gasteiger partial charge in [0.05, 0.1) is 29.9 Å². The highest BCUT2D eigenvalue weighted by Gasteiger charge is 2.11. The van der Waals surface area contributed by atoms with Crippen molar-refractivity contribution in [2.75, 3.05) is 20.1 Å². The summed E-state index contributed by atoms with van der Waals surface area (Å²) in [5.41, 5.74) is 0.666. The Morgan fingerprint density at radius 3 is 2.17 bits per heavy atom. The molecule has 0 saturated carbocycles. The Morgan fingerprint density at radius 2 is 1.71 bits per heavy atom. The summed E-state index contributed by atoms with van der Waals surface area (Å²) in [4.78, 5) is 13.7. The van der Waals surface area contributed by atoms with Crippen LogP contribution in [-0.4, -0.2) is 39.4 Å². The zero-order valence-electron chi connectivity index (χ0n) is 13.3. The van der Waals surface area contributed by atoms with Crippen LogP contribution in [0.3, 0.4) is 0 Å². The molecule has 7 nitrogen and oxygen atoms in total.